The number of amides is 1. The Morgan fingerprint density at radius 2 is 1.82 bits per heavy atom. The number of H-pyrrole nitrogens is 1. The van der Waals surface area contributed by atoms with Crippen molar-refractivity contribution in [2.24, 2.45) is 0 Å². The summed E-state index contributed by atoms with van der Waals surface area (Å²) < 4.78 is 0. The molecule has 0 aliphatic rings. The van der Waals surface area contributed by atoms with E-state index < -0.39 is 29.4 Å². The third-order valence-corrected chi connectivity index (χ3v) is 4.57. The molecule has 3 rings (SSSR count). The molecule has 1 amide bonds. The van der Waals surface area contributed by atoms with Crippen LogP contribution in [-0.2, 0) is 16.1 Å². The van der Waals surface area contributed by atoms with E-state index >= 15 is 0 Å². The van der Waals surface area contributed by atoms with Gasteiger partial charge in [0.05, 0.1) is 24.9 Å². The minimum absolute atomic E-state index is 0.00472. The number of hydrogen-bond donors (Lipinski definition) is 6. The number of rotatable bonds is 10. The Kier molecular flexibility index (Phi) is 7.13. The minimum atomic E-state index is -1.14. The quantitative estimate of drug-likeness (QED) is 0.245. The summed E-state index contributed by atoms with van der Waals surface area (Å²) in [6.07, 6.45) is 0.831. The monoisotopic (exact) mass is 455 g/mol. The number of aliphatic carboxylic acids is 2. The Labute approximate surface area is 186 Å². The lowest BCUT2D eigenvalue weighted by Gasteiger charge is -2.16. The molecule has 33 heavy (non-hydrogen) atoms. The van der Waals surface area contributed by atoms with Crippen molar-refractivity contribution in [3.05, 3.63) is 52.1 Å². The molecule has 3 aromatic rings. The highest BCUT2D eigenvalue weighted by Gasteiger charge is 2.18. The van der Waals surface area contributed by atoms with Crippen molar-refractivity contribution < 1.29 is 24.6 Å². The van der Waals surface area contributed by atoms with Crippen LogP contribution in [0.4, 0.5) is 11.6 Å². The van der Waals surface area contributed by atoms with Gasteiger partial charge >= 0.3 is 11.9 Å². The van der Waals surface area contributed by atoms with Crippen LogP contribution in [0.5, 0.6) is 0 Å². The second-order valence-electron chi connectivity index (χ2n) is 7.12. The van der Waals surface area contributed by atoms with Crippen molar-refractivity contribution in [3.8, 4) is 0 Å². The molecule has 0 unspecified atom stereocenters. The van der Waals surface area contributed by atoms with E-state index in [0.717, 1.165) is 0 Å². The highest BCUT2D eigenvalue weighted by Crippen LogP contribution is 2.13. The highest BCUT2D eigenvalue weighted by atomic mass is 16.4. The summed E-state index contributed by atoms with van der Waals surface area (Å²) in [6, 6.07) is 5.55. The fourth-order valence-electron chi connectivity index (χ4n) is 2.99. The zero-order chi connectivity index (χ0) is 24.0. The van der Waals surface area contributed by atoms with Gasteiger partial charge in [0.1, 0.15) is 0 Å². The first kappa shape index (κ1) is 23.1. The second-order valence-corrected chi connectivity index (χ2v) is 7.12. The van der Waals surface area contributed by atoms with E-state index in [1.54, 1.807) is 12.1 Å². The lowest BCUT2D eigenvalue weighted by molar-refractivity contribution is -0.139. The lowest BCUT2D eigenvalue weighted by atomic mass is 10.1. The standard InChI is InChI=1S/C20H21N7O6/c21-20-26-17-16(19(33)27-20)24-13(9-23-17)8-22-11-3-1-10(2-4-11)18(32)25-12(7-15(30)31)5-6-14(28)29/h1-4,9,12,22H,5-8H2,(H,25,32)(H,28,29)(H,30,31)(H3,21,23,26,27,33)/t12-/m0/s1. The van der Waals surface area contributed by atoms with Crippen LogP contribution in [0.3, 0.4) is 0 Å². The zero-order valence-corrected chi connectivity index (χ0v) is 17.2. The molecule has 2 aromatic heterocycles. The number of carboxylic acid groups (broad SMARTS) is 2. The number of hydrogen-bond acceptors (Lipinski definition) is 9. The van der Waals surface area contributed by atoms with Crippen molar-refractivity contribution in [2.75, 3.05) is 11.1 Å². The SMILES string of the molecule is Nc1nc2ncc(CNc3ccc(C(=O)N[C@@H](CCC(=O)O)CC(=O)O)cc3)nc2c(=O)[nH]1. The molecule has 0 saturated carbocycles. The molecule has 1 aromatic carbocycles. The van der Waals surface area contributed by atoms with E-state index in [1.165, 1.54) is 18.3 Å². The summed E-state index contributed by atoms with van der Waals surface area (Å²) in [4.78, 5) is 60.6. The topological polar surface area (TPSA) is 213 Å². The maximum absolute atomic E-state index is 12.4. The first-order valence-corrected chi connectivity index (χ1v) is 9.81. The van der Waals surface area contributed by atoms with Gasteiger partial charge in [-0.25, -0.2) is 9.97 Å². The molecule has 0 bridgehead atoms. The number of nitrogens with zero attached hydrogens (tertiary/aromatic N) is 3. The number of aromatic amines is 1. The summed E-state index contributed by atoms with van der Waals surface area (Å²) in [7, 11) is 0. The van der Waals surface area contributed by atoms with Gasteiger partial charge in [-0.05, 0) is 30.7 Å². The van der Waals surface area contributed by atoms with Crippen molar-refractivity contribution in [3.63, 3.8) is 0 Å². The number of benzene rings is 1. The van der Waals surface area contributed by atoms with Crippen LogP contribution >= 0.6 is 0 Å². The van der Waals surface area contributed by atoms with Crippen LogP contribution in [0.25, 0.3) is 11.2 Å². The molecular formula is C20H21N7O6. The largest absolute Gasteiger partial charge is 0.481 e. The molecule has 0 aliphatic carbocycles. The van der Waals surface area contributed by atoms with E-state index in [0.29, 0.717) is 11.4 Å². The smallest absolute Gasteiger partial charge is 0.305 e. The van der Waals surface area contributed by atoms with Gasteiger partial charge in [-0.15, -0.1) is 0 Å². The maximum Gasteiger partial charge on any atom is 0.305 e. The molecule has 7 N–H and O–H groups in total. The number of nitrogen functional groups attached to an aromatic ring is 1. The van der Waals surface area contributed by atoms with Crippen LogP contribution in [0, 0.1) is 0 Å². The van der Waals surface area contributed by atoms with Crippen molar-refractivity contribution in [2.45, 2.75) is 31.8 Å². The zero-order valence-electron chi connectivity index (χ0n) is 17.2. The Morgan fingerprint density at radius 1 is 1.09 bits per heavy atom. The Bertz CT molecular complexity index is 1240. The Hall–Kier alpha value is -4.55. The summed E-state index contributed by atoms with van der Waals surface area (Å²) in [6.45, 7) is 0.244. The first-order chi connectivity index (χ1) is 15.7. The molecular weight excluding hydrogens is 434 g/mol. The average Bonchev–Trinajstić information content (AvgIpc) is 2.76. The molecule has 13 nitrogen and oxygen atoms in total. The van der Waals surface area contributed by atoms with Crippen molar-refractivity contribution in [1.82, 2.24) is 25.3 Å². The molecule has 2 heterocycles. The lowest BCUT2D eigenvalue weighted by Crippen LogP contribution is -2.36. The van der Waals surface area contributed by atoms with Crippen LogP contribution in [0.15, 0.2) is 35.3 Å². The maximum atomic E-state index is 12.4. The summed E-state index contributed by atoms with van der Waals surface area (Å²) >= 11 is 0. The van der Waals surface area contributed by atoms with Gasteiger partial charge in [0.25, 0.3) is 11.5 Å². The Balaban J connectivity index is 1.61. The molecule has 1 atom stereocenters. The van der Waals surface area contributed by atoms with E-state index in [2.05, 4.69) is 30.6 Å². The molecule has 0 aliphatic heterocycles. The second kappa shape index (κ2) is 10.2. The number of carbonyl (C=O) groups is 3. The number of fused-ring (bicyclic) bond motifs is 1. The number of anilines is 2. The number of carbonyl (C=O) groups excluding carboxylic acids is 1. The van der Waals surface area contributed by atoms with Crippen molar-refractivity contribution in [1.29, 1.82) is 0 Å². The molecule has 0 fully saturated rings. The van der Waals surface area contributed by atoms with Gasteiger partial charge in [-0.2, -0.15) is 4.98 Å². The van der Waals surface area contributed by atoms with Gasteiger partial charge in [-0.3, -0.25) is 24.2 Å². The third kappa shape index (κ3) is 6.46. The van der Waals surface area contributed by atoms with Gasteiger partial charge in [0, 0.05) is 23.7 Å². The summed E-state index contributed by atoms with van der Waals surface area (Å²) in [5.74, 6) is -2.77. The van der Waals surface area contributed by atoms with Crippen LogP contribution in [0.1, 0.15) is 35.3 Å². The fourth-order valence-corrected chi connectivity index (χ4v) is 2.99. The van der Waals surface area contributed by atoms with E-state index in [1.807, 2.05) is 0 Å². The fraction of sp³-hybridized carbons (Fsp3) is 0.250. The third-order valence-electron chi connectivity index (χ3n) is 4.57. The van der Waals surface area contributed by atoms with Gasteiger partial charge in [-0.1, -0.05) is 0 Å². The van der Waals surface area contributed by atoms with Crippen LogP contribution < -0.4 is 21.9 Å². The minimum Gasteiger partial charge on any atom is -0.481 e. The van der Waals surface area contributed by atoms with Crippen molar-refractivity contribution >= 4 is 40.6 Å². The number of aromatic nitrogens is 4. The molecule has 0 radical (unpaired) electrons. The van der Waals surface area contributed by atoms with Gasteiger partial charge < -0.3 is 26.6 Å². The van der Waals surface area contributed by atoms with Crippen LogP contribution in [0.2, 0.25) is 0 Å². The summed E-state index contributed by atoms with van der Waals surface area (Å²) in [5.41, 5.74) is 6.61. The molecule has 0 spiro atoms. The van der Waals surface area contributed by atoms with Crippen LogP contribution in [-0.4, -0.2) is 54.0 Å². The van der Waals surface area contributed by atoms with E-state index in [-0.39, 0.29) is 48.5 Å². The van der Waals surface area contributed by atoms with E-state index in [9.17, 15) is 19.2 Å². The number of carboxylic acids is 2. The molecule has 13 heteroatoms. The Morgan fingerprint density at radius 3 is 2.48 bits per heavy atom. The summed E-state index contributed by atoms with van der Waals surface area (Å²) in [5, 5.41) is 23.4. The number of nitrogens with two attached hydrogens (primary N) is 1. The number of nitrogens with one attached hydrogen (secondary N) is 3. The van der Waals surface area contributed by atoms with Gasteiger partial charge in [0.15, 0.2) is 11.2 Å². The van der Waals surface area contributed by atoms with Gasteiger partial charge in [0.2, 0.25) is 5.95 Å². The predicted molar refractivity (Wildman–Crippen MR) is 117 cm³/mol. The molecule has 0 saturated heterocycles. The predicted octanol–water partition coefficient (Wildman–Crippen LogP) is 0.345. The normalized spacial score (nSPS) is 11.6. The first-order valence-electron chi connectivity index (χ1n) is 9.81. The molecule has 172 valence electrons. The highest BCUT2D eigenvalue weighted by molar-refractivity contribution is 5.95. The average molecular weight is 455 g/mol. The van der Waals surface area contributed by atoms with E-state index in [4.69, 9.17) is 15.9 Å².